The fraction of sp³-hybridized carbons (Fsp3) is 0.182. The van der Waals surface area contributed by atoms with Crippen LogP contribution in [-0.4, -0.2) is 33.8 Å². The van der Waals surface area contributed by atoms with E-state index in [1.54, 1.807) is 24.3 Å². The fourth-order valence-electron chi connectivity index (χ4n) is 2.90. The Morgan fingerprint density at radius 3 is 2.41 bits per heavy atom. The van der Waals surface area contributed by atoms with Crippen LogP contribution < -0.4 is 16.4 Å². The van der Waals surface area contributed by atoms with Crippen LogP contribution >= 0.6 is 11.6 Å². The lowest BCUT2D eigenvalue weighted by Crippen LogP contribution is -2.31. The number of carbonyl (C=O) groups excluding carboxylic acids is 3. The number of nitrogens with two attached hydrogens (primary N) is 1. The molecular formula is C22H21ClFN5O3. The summed E-state index contributed by atoms with van der Waals surface area (Å²) < 4.78 is 14.6. The lowest BCUT2D eigenvalue weighted by atomic mass is 10.2. The molecule has 8 nitrogen and oxygen atoms in total. The molecule has 10 heteroatoms. The number of primary amides is 1. The summed E-state index contributed by atoms with van der Waals surface area (Å²) in [5.41, 5.74) is 6.35. The van der Waals surface area contributed by atoms with Crippen molar-refractivity contribution in [1.29, 1.82) is 0 Å². The third-order valence-corrected chi connectivity index (χ3v) is 4.78. The first kappa shape index (κ1) is 23.0. The molecule has 0 aliphatic carbocycles. The first-order valence-electron chi connectivity index (χ1n) is 9.69. The van der Waals surface area contributed by atoms with Gasteiger partial charge in [0.1, 0.15) is 17.8 Å². The highest BCUT2D eigenvalue weighted by Gasteiger charge is 2.23. The molecule has 4 N–H and O–H groups in total. The Kier molecular flexibility index (Phi) is 6.89. The van der Waals surface area contributed by atoms with Gasteiger partial charge in [0, 0.05) is 17.9 Å². The van der Waals surface area contributed by atoms with Crippen molar-refractivity contribution in [3.63, 3.8) is 0 Å². The van der Waals surface area contributed by atoms with Crippen molar-refractivity contribution in [2.24, 2.45) is 11.7 Å². The molecule has 1 aromatic heterocycles. The van der Waals surface area contributed by atoms with Crippen molar-refractivity contribution in [2.75, 3.05) is 11.9 Å². The zero-order valence-electron chi connectivity index (χ0n) is 17.4. The number of nitrogens with one attached hydrogen (secondary N) is 2. The number of rotatable bonds is 7. The largest absolute Gasteiger partial charge is 0.364 e. The highest BCUT2D eigenvalue weighted by atomic mass is 35.5. The minimum atomic E-state index is -0.821. The molecule has 2 aromatic carbocycles. The highest BCUT2D eigenvalue weighted by molar-refractivity contribution is 6.34. The molecule has 32 heavy (non-hydrogen) atoms. The SMILES string of the molecule is CC(C)CNC(=O)c1c(C(N)=O)ncn1-c1ccc(NC(=O)c2ccc(F)cc2Cl)cc1. The van der Waals surface area contributed by atoms with Gasteiger partial charge in [-0.25, -0.2) is 9.37 Å². The van der Waals surface area contributed by atoms with Crippen LogP contribution in [-0.2, 0) is 0 Å². The maximum atomic E-state index is 13.2. The van der Waals surface area contributed by atoms with Crippen molar-refractivity contribution in [3.8, 4) is 5.69 Å². The molecule has 0 saturated carbocycles. The lowest BCUT2D eigenvalue weighted by Gasteiger charge is -2.12. The van der Waals surface area contributed by atoms with E-state index in [4.69, 9.17) is 17.3 Å². The maximum absolute atomic E-state index is 13.2. The van der Waals surface area contributed by atoms with Gasteiger partial charge in [-0.1, -0.05) is 25.4 Å². The summed E-state index contributed by atoms with van der Waals surface area (Å²) in [6, 6.07) is 9.96. The topological polar surface area (TPSA) is 119 Å². The van der Waals surface area contributed by atoms with E-state index in [-0.39, 0.29) is 27.9 Å². The molecule has 166 valence electrons. The maximum Gasteiger partial charge on any atom is 0.270 e. The average Bonchev–Trinajstić information content (AvgIpc) is 3.18. The molecule has 0 saturated heterocycles. The number of anilines is 1. The van der Waals surface area contributed by atoms with Crippen LogP contribution in [0.25, 0.3) is 5.69 Å². The summed E-state index contributed by atoms with van der Waals surface area (Å²) >= 11 is 5.93. The van der Waals surface area contributed by atoms with E-state index in [1.165, 1.54) is 17.0 Å². The van der Waals surface area contributed by atoms with Gasteiger partial charge in [-0.05, 0) is 48.4 Å². The second kappa shape index (κ2) is 9.61. The van der Waals surface area contributed by atoms with E-state index in [0.717, 1.165) is 12.1 Å². The second-order valence-electron chi connectivity index (χ2n) is 7.41. The Balaban J connectivity index is 1.85. The first-order valence-corrected chi connectivity index (χ1v) is 10.1. The molecule has 0 unspecified atom stereocenters. The van der Waals surface area contributed by atoms with E-state index >= 15 is 0 Å². The van der Waals surface area contributed by atoms with Gasteiger partial charge in [-0.15, -0.1) is 0 Å². The summed E-state index contributed by atoms with van der Waals surface area (Å²) in [4.78, 5) is 40.8. The Hall–Kier alpha value is -3.72. The van der Waals surface area contributed by atoms with Crippen LogP contribution in [0.3, 0.4) is 0 Å². The molecule has 0 radical (unpaired) electrons. The molecule has 0 fully saturated rings. The predicted molar refractivity (Wildman–Crippen MR) is 119 cm³/mol. The molecular weight excluding hydrogens is 437 g/mol. The number of benzene rings is 2. The normalized spacial score (nSPS) is 10.8. The van der Waals surface area contributed by atoms with E-state index in [2.05, 4.69) is 15.6 Å². The smallest absolute Gasteiger partial charge is 0.270 e. The summed E-state index contributed by atoms with van der Waals surface area (Å²) in [5, 5.41) is 5.41. The molecule has 0 aliphatic rings. The van der Waals surface area contributed by atoms with Gasteiger partial charge in [-0.3, -0.25) is 19.0 Å². The number of aromatic nitrogens is 2. The predicted octanol–water partition coefficient (Wildman–Crippen LogP) is 3.40. The Morgan fingerprint density at radius 2 is 1.81 bits per heavy atom. The Bertz CT molecular complexity index is 1170. The minimum absolute atomic E-state index is 0.00596. The lowest BCUT2D eigenvalue weighted by molar-refractivity contribution is 0.0925. The third-order valence-electron chi connectivity index (χ3n) is 4.47. The van der Waals surface area contributed by atoms with Gasteiger partial charge >= 0.3 is 0 Å². The summed E-state index contributed by atoms with van der Waals surface area (Å²) in [6.07, 6.45) is 1.33. The second-order valence-corrected chi connectivity index (χ2v) is 7.81. The van der Waals surface area contributed by atoms with Gasteiger partial charge in [0.2, 0.25) is 0 Å². The molecule has 0 bridgehead atoms. The van der Waals surface area contributed by atoms with Crippen molar-refractivity contribution in [1.82, 2.24) is 14.9 Å². The van der Waals surface area contributed by atoms with Crippen LogP contribution in [0.5, 0.6) is 0 Å². The van der Waals surface area contributed by atoms with Gasteiger partial charge in [0.15, 0.2) is 5.69 Å². The molecule has 0 spiro atoms. The summed E-state index contributed by atoms with van der Waals surface area (Å²) in [6.45, 7) is 4.30. The zero-order valence-corrected chi connectivity index (χ0v) is 18.1. The van der Waals surface area contributed by atoms with E-state index in [0.29, 0.717) is 17.9 Å². The molecule has 0 aliphatic heterocycles. The quantitative estimate of drug-likeness (QED) is 0.503. The Morgan fingerprint density at radius 1 is 1.12 bits per heavy atom. The number of imidazole rings is 1. The number of halogens is 2. The average molecular weight is 458 g/mol. The van der Waals surface area contributed by atoms with Crippen molar-refractivity contribution < 1.29 is 18.8 Å². The summed E-state index contributed by atoms with van der Waals surface area (Å²) in [5.74, 6) is -2.13. The molecule has 3 rings (SSSR count). The first-order chi connectivity index (χ1) is 15.2. The number of carbonyl (C=O) groups is 3. The highest BCUT2D eigenvalue weighted by Crippen LogP contribution is 2.21. The van der Waals surface area contributed by atoms with Crippen molar-refractivity contribution in [3.05, 3.63) is 76.6 Å². The molecule has 0 atom stereocenters. The van der Waals surface area contributed by atoms with E-state index in [1.807, 2.05) is 13.8 Å². The molecule has 1 heterocycles. The Labute approximate surface area is 188 Å². The fourth-order valence-corrected chi connectivity index (χ4v) is 3.15. The molecule has 3 aromatic rings. The van der Waals surface area contributed by atoms with Crippen molar-refractivity contribution >= 4 is 35.0 Å². The van der Waals surface area contributed by atoms with Gasteiger partial charge < -0.3 is 16.4 Å². The molecule has 3 amide bonds. The summed E-state index contributed by atoms with van der Waals surface area (Å²) in [7, 11) is 0. The van der Waals surface area contributed by atoms with Crippen LogP contribution in [0.2, 0.25) is 5.02 Å². The number of amides is 3. The minimum Gasteiger partial charge on any atom is -0.364 e. The number of hydrogen-bond acceptors (Lipinski definition) is 4. The van der Waals surface area contributed by atoms with E-state index in [9.17, 15) is 18.8 Å². The van der Waals surface area contributed by atoms with Crippen LogP contribution in [0.15, 0.2) is 48.8 Å². The van der Waals surface area contributed by atoms with Crippen LogP contribution in [0, 0.1) is 11.7 Å². The standard InChI is InChI=1S/C22H21ClFN5O3/c1-12(2)10-26-22(32)19-18(20(25)30)27-11-29(19)15-6-4-14(5-7-15)28-21(31)16-8-3-13(24)9-17(16)23/h3-9,11-12H,10H2,1-2H3,(H2,25,30)(H,26,32)(H,28,31). The number of nitrogens with zero attached hydrogens (tertiary/aromatic N) is 2. The zero-order chi connectivity index (χ0) is 23.4. The van der Waals surface area contributed by atoms with Gasteiger partial charge in [0.05, 0.1) is 10.6 Å². The monoisotopic (exact) mass is 457 g/mol. The van der Waals surface area contributed by atoms with Crippen LogP contribution in [0.1, 0.15) is 45.2 Å². The third kappa shape index (κ3) is 5.12. The van der Waals surface area contributed by atoms with Crippen molar-refractivity contribution in [2.45, 2.75) is 13.8 Å². The number of hydrogen-bond donors (Lipinski definition) is 3. The van der Waals surface area contributed by atoms with Crippen LogP contribution in [0.4, 0.5) is 10.1 Å². The van der Waals surface area contributed by atoms with Gasteiger partial charge in [0.25, 0.3) is 17.7 Å². The van der Waals surface area contributed by atoms with E-state index < -0.39 is 23.5 Å². The van der Waals surface area contributed by atoms with Gasteiger partial charge in [-0.2, -0.15) is 0 Å².